The minimum atomic E-state index is -3.46. The molecule has 6 nitrogen and oxygen atoms in total. The summed E-state index contributed by atoms with van der Waals surface area (Å²) in [6, 6.07) is 11.5. The Morgan fingerprint density at radius 3 is 2.30 bits per heavy atom. The molecule has 0 bridgehead atoms. The zero-order valence-corrected chi connectivity index (χ0v) is 16.3. The van der Waals surface area contributed by atoms with Gasteiger partial charge in [0.1, 0.15) is 0 Å². The van der Waals surface area contributed by atoms with Crippen molar-refractivity contribution in [2.45, 2.75) is 37.6 Å². The predicted octanol–water partition coefficient (Wildman–Crippen LogP) is 3.04. The zero-order chi connectivity index (χ0) is 20.2. The van der Waals surface area contributed by atoms with E-state index in [0.717, 1.165) is 11.8 Å². The highest BCUT2D eigenvalue weighted by Gasteiger charge is 2.21. The van der Waals surface area contributed by atoms with Crippen LogP contribution in [0.3, 0.4) is 0 Å². The summed E-state index contributed by atoms with van der Waals surface area (Å²) in [5.74, 6) is -1.38. The molecule has 0 fully saturated rings. The molecular formula is C20H23NO5S. The van der Waals surface area contributed by atoms with Crippen LogP contribution in [0.2, 0.25) is 0 Å². The standard InChI is InChI=1S/C20H23NO5S/c1-13-11-16(27(3,25)26)12-17(14(13)2)20(24)21-18(9-10-19(22)23)15-7-5-4-6-8-15/h4-8,11-12,18H,9-10H2,1-3H3,(H,21,24)(H,22,23). The van der Waals surface area contributed by atoms with Gasteiger partial charge >= 0.3 is 5.97 Å². The molecule has 0 aliphatic carbocycles. The molecule has 1 amide bonds. The molecule has 0 saturated carbocycles. The normalized spacial score (nSPS) is 12.4. The summed E-state index contributed by atoms with van der Waals surface area (Å²) in [6.45, 7) is 3.50. The van der Waals surface area contributed by atoms with Crippen molar-refractivity contribution < 1.29 is 23.1 Å². The van der Waals surface area contributed by atoms with Crippen LogP contribution >= 0.6 is 0 Å². The van der Waals surface area contributed by atoms with Gasteiger partial charge in [0.15, 0.2) is 9.84 Å². The average molecular weight is 389 g/mol. The number of nitrogens with one attached hydrogen (secondary N) is 1. The SMILES string of the molecule is Cc1cc(S(C)(=O)=O)cc(C(=O)NC(CCC(=O)O)c2ccccc2)c1C. The lowest BCUT2D eigenvalue weighted by molar-refractivity contribution is -0.137. The van der Waals surface area contributed by atoms with Crippen molar-refractivity contribution in [3.8, 4) is 0 Å². The molecule has 2 N–H and O–H groups in total. The van der Waals surface area contributed by atoms with Gasteiger partial charge in [0.05, 0.1) is 10.9 Å². The van der Waals surface area contributed by atoms with Crippen molar-refractivity contribution in [3.63, 3.8) is 0 Å². The van der Waals surface area contributed by atoms with Crippen LogP contribution < -0.4 is 5.32 Å². The first-order valence-corrected chi connectivity index (χ1v) is 10.4. The number of carboxylic acids is 1. The van der Waals surface area contributed by atoms with E-state index in [1.165, 1.54) is 6.07 Å². The molecule has 0 radical (unpaired) electrons. The van der Waals surface area contributed by atoms with Gasteiger partial charge in [-0.3, -0.25) is 9.59 Å². The number of carboxylic acid groups (broad SMARTS) is 1. The Hall–Kier alpha value is -2.67. The van der Waals surface area contributed by atoms with E-state index >= 15 is 0 Å². The highest BCUT2D eigenvalue weighted by molar-refractivity contribution is 7.90. The van der Waals surface area contributed by atoms with Gasteiger partial charge in [-0.05, 0) is 49.1 Å². The molecule has 1 atom stereocenters. The average Bonchev–Trinajstić information content (AvgIpc) is 2.60. The monoisotopic (exact) mass is 389 g/mol. The lowest BCUT2D eigenvalue weighted by Gasteiger charge is -2.20. The first-order chi connectivity index (χ1) is 12.6. The van der Waals surface area contributed by atoms with E-state index < -0.39 is 27.8 Å². The summed E-state index contributed by atoms with van der Waals surface area (Å²) >= 11 is 0. The lowest BCUT2D eigenvalue weighted by Crippen LogP contribution is -2.30. The van der Waals surface area contributed by atoms with E-state index in [0.29, 0.717) is 11.1 Å². The second-order valence-electron chi connectivity index (χ2n) is 6.55. The Labute approximate surface area is 159 Å². The minimum absolute atomic E-state index is 0.0811. The second-order valence-corrected chi connectivity index (χ2v) is 8.57. The quantitative estimate of drug-likeness (QED) is 0.758. The fourth-order valence-corrected chi connectivity index (χ4v) is 3.51. The van der Waals surface area contributed by atoms with Crippen LogP contribution in [0.4, 0.5) is 0 Å². The predicted molar refractivity (Wildman–Crippen MR) is 103 cm³/mol. The molecule has 1 unspecified atom stereocenters. The third kappa shape index (κ3) is 5.40. The van der Waals surface area contributed by atoms with Crippen LogP contribution in [-0.4, -0.2) is 31.7 Å². The van der Waals surface area contributed by atoms with Gasteiger partial charge in [-0.15, -0.1) is 0 Å². The van der Waals surface area contributed by atoms with Crippen molar-refractivity contribution >= 4 is 21.7 Å². The molecule has 0 saturated heterocycles. The molecule has 0 aliphatic rings. The van der Waals surface area contributed by atoms with E-state index in [1.807, 2.05) is 30.3 Å². The molecule has 2 rings (SSSR count). The molecule has 7 heteroatoms. The van der Waals surface area contributed by atoms with Crippen LogP contribution in [0.25, 0.3) is 0 Å². The van der Waals surface area contributed by atoms with Crippen molar-refractivity contribution in [2.75, 3.05) is 6.26 Å². The largest absolute Gasteiger partial charge is 0.481 e. The Bertz CT molecular complexity index is 952. The number of rotatable bonds is 7. The van der Waals surface area contributed by atoms with E-state index in [4.69, 9.17) is 5.11 Å². The van der Waals surface area contributed by atoms with Gasteiger partial charge in [0.2, 0.25) is 0 Å². The fourth-order valence-electron chi connectivity index (χ4n) is 2.79. The van der Waals surface area contributed by atoms with E-state index in [2.05, 4.69) is 5.32 Å². The molecule has 2 aromatic rings. The van der Waals surface area contributed by atoms with Gasteiger partial charge in [-0.1, -0.05) is 30.3 Å². The first kappa shape index (κ1) is 20.6. The maximum atomic E-state index is 12.9. The summed E-state index contributed by atoms with van der Waals surface area (Å²) in [5, 5.41) is 11.8. The molecule has 0 heterocycles. The number of benzene rings is 2. The van der Waals surface area contributed by atoms with Crippen LogP contribution in [0, 0.1) is 13.8 Å². The van der Waals surface area contributed by atoms with Crippen LogP contribution in [0.1, 0.15) is 45.9 Å². The number of hydrogen-bond acceptors (Lipinski definition) is 4. The molecule has 27 heavy (non-hydrogen) atoms. The Morgan fingerprint density at radius 1 is 1.11 bits per heavy atom. The van der Waals surface area contributed by atoms with Gasteiger partial charge in [0.25, 0.3) is 5.91 Å². The highest BCUT2D eigenvalue weighted by Crippen LogP contribution is 2.23. The molecule has 0 aromatic heterocycles. The summed E-state index contributed by atoms with van der Waals surface area (Å²) in [6.07, 6.45) is 1.23. The fraction of sp³-hybridized carbons (Fsp3) is 0.300. The molecular weight excluding hydrogens is 366 g/mol. The van der Waals surface area contributed by atoms with E-state index in [1.54, 1.807) is 19.9 Å². The topological polar surface area (TPSA) is 101 Å². The van der Waals surface area contributed by atoms with E-state index in [9.17, 15) is 18.0 Å². The van der Waals surface area contributed by atoms with Crippen molar-refractivity contribution in [1.29, 1.82) is 0 Å². The van der Waals surface area contributed by atoms with Crippen molar-refractivity contribution in [1.82, 2.24) is 5.32 Å². The lowest BCUT2D eigenvalue weighted by atomic mass is 9.99. The number of hydrogen-bond donors (Lipinski definition) is 2. The third-order valence-corrected chi connectivity index (χ3v) is 5.56. The Balaban J connectivity index is 2.37. The third-order valence-electron chi connectivity index (χ3n) is 4.47. The summed E-state index contributed by atoms with van der Waals surface area (Å²) in [4.78, 5) is 23.9. The number of aliphatic carboxylic acids is 1. The highest BCUT2D eigenvalue weighted by atomic mass is 32.2. The first-order valence-electron chi connectivity index (χ1n) is 8.48. The van der Waals surface area contributed by atoms with Gasteiger partial charge in [-0.25, -0.2) is 8.42 Å². The van der Waals surface area contributed by atoms with Crippen molar-refractivity contribution in [3.05, 3.63) is 64.7 Å². The smallest absolute Gasteiger partial charge is 0.303 e. The van der Waals surface area contributed by atoms with E-state index in [-0.39, 0.29) is 23.3 Å². The Kier molecular flexibility index (Phi) is 6.38. The summed E-state index contributed by atoms with van der Waals surface area (Å²) in [5.41, 5.74) is 2.45. The molecule has 2 aromatic carbocycles. The number of carbonyl (C=O) groups is 2. The Morgan fingerprint density at radius 2 is 1.74 bits per heavy atom. The summed E-state index contributed by atoms with van der Waals surface area (Å²) in [7, 11) is -3.46. The second kappa shape index (κ2) is 8.35. The summed E-state index contributed by atoms with van der Waals surface area (Å²) < 4.78 is 23.8. The molecule has 0 aliphatic heterocycles. The number of amides is 1. The van der Waals surface area contributed by atoms with Crippen LogP contribution in [0.5, 0.6) is 0 Å². The van der Waals surface area contributed by atoms with Crippen LogP contribution in [0.15, 0.2) is 47.4 Å². The van der Waals surface area contributed by atoms with Gasteiger partial charge < -0.3 is 10.4 Å². The number of carbonyl (C=O) groups excluding carboxylic acids is 1. The number of sulfone groups is 1. The minimum Gasteiger partial charge on any atom is -0.481 e. The van der Waals surface area contributed by atoms with Gasteiger partial charge in [-0.2, -0.15) is 0 Å². The maximum Gasteiger partial charge on any atom is 0.303 e. The van der Waals surface area contributed by atoms with Gasteiger partial charge in [0, 0.05) is 18.2 Å². The van der Waals surface area contributed by atoms with Crippen LogP contribution in [-0.2, 0) is 14.6 Å². The maximum absolute atomic E-state index is 12.9. The molecule has 144 valence electrons. The molecule has 0 spiro atoms. The number of aryl methyl sites for hydroxylation is 1. The van der Waals surface area contributed by atoms with Crippen molar-refractivity contribution in [2.24, 2.45) is 0 Å². The zero-order valence-electron chi connectivity index (χ0n) is 15.5.